The molecule has 3 aromatic rings. The maximum absolute atomic E-state index is 12.1. The van der Waals surface area contributed by atoms with Gasteiger partial charge in [-0.25, -0.2) is 4.79 Å². The molecule has 0 unspecified atom stereocenters. The predicted octanol–water partition coefficient (Wildman–Crippen LogP) is 1.84. The fourth-order valence-electron chi connectivity index (χ4n) is 2.13. The van der Waals surface area contributed by atoms with Gasteiger partial charge < -0.3 is 10.1 Å². The molecule has 0 aliphatic heterocycles. The van der Waals surface area contributed by atoms with Crippen molar-refractivity contribution in [1.82, 2.24) is 20.2 Å². The topological polar surface area (TPSA) is 123 Å². The van der Waals surface area contributed by atoms with Crippen LogP contribution in [0.3, 0.4) is 0 Å². The van der Waals surface area contributed by atoms with Crippen molar-refractivity contribution in [2.45, 2.75) is 19.6 Å². The third kappa shape index (κ3) is 4.74. The Morgan fingerprint density at radius 3 is 2.96 bits per heavy atom. The van der Waals surface area contributed by atoms with E-state index >= 15 is 0 Å². The molecule has 0 aliphatic rings. The molecule has 27 heavy (non-hydrogen) atoms. The maximum Gasteiger partial charge on any atom is 0.330 e. The Hall–Kier alpha value is -3.58. The van der Waals surface area contributed by atoms with Crippen molar-refractivity contribution < 1.29 is 14.3 Å². The number of esters is 1. The Morgan fingerprint density at radius 1 is 1.37 bits per heavy atom. The Labute approximate surface area is 158 Å². The van der Waals surface area contributed by atoms with E-state index in [4.69, 9.17) is 10.00 Å². The van der Waals surface area contributed by atoms with Crippen molar-refractivity contribution >= 4 is 28.9 Å². The predicted molar refractivity (Wildman–Crippen MR) is 96.5 cm³/mol. The summed E-state index contributed by atoms with van der Waals surface area (Å²) in [5.41, 5.74) is 0.858. The van der Waals surface area contributed by atoms with Crippen LogP contribution in [0.4, 0.5) is 5.69 Å². The number of hydrogen-bond acceptors (Lipinski definition) is 8. The van der Waals surface area contributed by atoms with E-state index in [1.807, 2.05) is 23.6 Å². The number of nitrogens with one attached hydrogen (secondary N) is 1. The molecule has 1 atom stereocenters. The molecule has 0 fully saturated rings. The molecular formula is C17H14N6O3S. The van der Waals surface area contributed by atoms with E-state index in [-0.39, 0.29) is 6.54 Å². The van der Waals surface area contributed by atoms with Gasteiger partial charge in [0.05, 0.1) is 16.5 Å². The molecule has 2 aromatic heterocycles. The molecule has 0 bridgehead atoms. The van der Waals surface area contributed by atoms with E-state index in [0.29, 0.717) is 17.1 Å². The lowest BCUT2D eigenvalue weighted by Gasteiger charge is -2.13. The minimum atomic E-state index is -1.02. The molecule has 136 valence electrons. The number of tetrazole rings is 1. The zero-order chi connectivity index (χ0) is 19.2. The van der Waals surface area contributed by atoms with E-state index in [0.717, 1.165) is 9.67 Å². The molecule has 3 rings (SSSR count). The number of nitriles is 1. The number of amides is 1. The van der Waals surface area contributed by atoms with Crippen LogP contribution < -0.4 is 5.32 Å². The summed E-state index contributed by atoms with van der Waals surface area (Å²) in [5.74, 6) is -0.760. The quantitative estimate of drug-likeness (QED) is 0.645. The Kier molecular flexibility index (Phi) is 5.53. The highest BCUT2D eigenvalue weighted by Gasteiger charge is 2.19. The molecule has 1 amide bonds. The zero-order valence-electron chi connectivity index (χ0n) is 14.2. The number of benzene rings is 1. The molecule has 0 saturated carbocycles. The van der Waals surface area contributed by atoms with Crippen LogP contribution in [-0.2, 0) is 20.9 Å². The van der Waals surface area contributed by atoms with Gasteiger partial charge in [-0.3, -0.25) is 4.79 Å². The number of hydrogen-bond donors (Lipinski definition) is 1. The smallest absolute Gasteiger partial charge is 0.330 e. The lowest BCUT2D eigenvalue weighted by atomic mass is 10.2. The Balaban J connectivity index is 1.54. The average molecular weight is 382 g/mol. The summed E-state index contributed by atoms with van der Waals surface area (Å²) < 4.78 is 5.10. The van der Waals surface area contributed by atoms with Crippen LogP contribution in [0.25, 0.3) is 10.7 Å². The van der Waals surface area contributed by atoms with Crippen molar-refractivity contribution in [1.29, 1.82) is 5.26 Å². The minimum absolute atomic E-state index is 0.264. The SMILES string of the molecule is C[C@H](OC(=O)Cn1nnc(-c2cccs2)n1)C(=O)Nc1cccc(C#N)c1. The number of carbonyl (C=O) groups excluding carboxylic acids is 2. The summed E-state index contributed by atoms with van der Waals surface area (Å²) >= 11 is 1.46. The largest absolute Gasteiger partial charge is 0.451 e. The molecule has 0 saturated heterocycles. The molecule has 2 heterocycles. The molecule has 0 aliphatic carbocycles. The van der Waals surface area contributed by atoms with Gasteiger partial charge >= 0.3 is 5.97 Å². The normalized spacial score (nSPS) is 11.4. The second-order valence-corrected chi connectivity index (χ2v) is 6.38. The molecule has 0 spiro atoms. The van der Waals surface area contributed by atoms with Gasteiger partial charge in [0.25, 0.3) is 5.91 Å². The first-order valence-corrected chi connectivity index (χ1v) is 8.75. The van der Waals surface area contributed by atoms with Crippen molar-refractivity contribution in [2.24, 2.45) is 0 Å². The number of aromatic nitrogens is 4. The molecule has 1 aromatic carbocycles. The third-order valence-electron chi connectivity index (χ3n) is 3.40. The van der Waals surface area contributed by atoms with Gasteiger partial charge in [-0.05, 0) is 41.8 Å². The molecular weight excluding hydrogens is 368 g/mol. The van der Waals surface area contributed by atoms with Crippen molar-refractivity contribution in [2.75, 3.05) is 5.32 Å². The number of nitrogens with zero attached hydrogens (tertiary/aromatic N) is 5. The number of ether oxygens (including phenoxy) is 1. The van der Waals surface area contributed by atoms with Gasteiger partial charge in [0.15, 0.2) is 12.6 Å². The van der Waals surface area contributed by atoms with Crippen LogP contribution in [0.1, 0.15) is 12.5 Å². The van der Waals surface area contributed by atoms with E-state index in [2.05, 4.69) is 20.7 Å². The number of rotatable bonds is 6. The van der Waals surface area contributed by atoms with Gasteiger partial charge in [0.2, 0.25) is 5.82 Å². The zero-order valence-corrected chi connectivity index (χ0v) is 15.0. The molecule has 9 nitrogen and oxygen atoms in total. The summed E-state index contributed by atoms with van der Waals surface area (Å²) in [6, 6.07) is 12.1. The summed E-state index contributed by atoms with van der Waals surface area (Å²) in [7, 11) is 0. The number of anilines is 1. The summed E-state index contributed by atoms with van der Waals surface area (Å²) in [4.78, 5) is 26.1. The van der Waals surface area contributed by atoms with E-state index < -0.39 is 18.0 Å². The van der Waals surface area contributed by atoms with Gasteiger partial charge in [-0.2, -0.15) is 10.1 Å². The van der Waals surface area contributed by atoms with Crippen LogP contribution in [0, 0.1) is 11.3 Å². The van der Waals surface area contributed by atoms with E-state index in [9.17, 15) is 9.59 Å². The van der Waals surface area contributed by atoms with Crippen molar-refractivity contribution in [3.8, 4) is 16.8 Å². The lowest BCUT2D eigenvalue weighted by molar-refractivity contribution is -0.154. The van der Waals surface area contributed by atoms with E-state index in [1.165, 1.54) is 24.3 Å². The van der Waals surface area contributed by atoms with Crippen LogP contribution in [0.2, 0.25) is 0 Å². The van der Waals surface area contributed by atoms with Gasteiger partial charge in [0, 0.05) is 5.69 Å². The first kappa shape index (κ1) is 18.2. The highest BCUT2D eigenvalue weighted by molar-refractivity contribution is 7.13. The Morgan fingerprint density at radius 2 is 2.22 bits per heavy atom. The van der Waals surface area contributed by atoms with E-state index in [1.54, 1.807) is 18.2 Å². The van der Waals surface area contributed by atoms with Gasteiger partial charge in [-0.15, -0.1) is 21.5 Å². The first-order chi connectivity index (χ1) is 13.0. The molecule has 0 radical (unpaired) electrons. The van der Waals surface area contributed by atoms with Crippen LogP contribution in [0.15, 0.2) is 41.8 Å². The van der Waals surface area contributed by atoms with Gasteiger partial charge in [-0.1, -0.05) is 12.1 Å². The van der Waals surface area contributed by atoms with Crippen LogP contribution in [-0.4, -0.2) is 38.2 Å². The third-order valence-corrected chi connectivity index (χ3v) is 4.27. The first-order valence-electron chi connectivity index (χ1n) is 7.87. The lowest BCUT2D eigenvalue weighted by Crippen LogP contribution is -2.31. The Bertz CT molecular complexity index is 992. The number of carbonyl (C=O) groups is 2. The standard InChI is InChI=1S/C17H14N6O3S/c1-11(17(25)19-13-5-2-4-12(8-13)9-18)26-15(24)10-23-21-16(20-22-23)14-6-3-7-27-14/h2-8,11H,10H2,1H3,(H,19,25)/t11-/m0/s1. The highest BCUT2D eigenvalue weighted by atomic mass is 32.1. The maximum atomic E-state index is 12.1. The monoisotopic (exact) mass is 382 g/mol. The van der Waals surface area contributed by atoms with Crippen molar-refractivity contribution in [3.63, 3.8) is 0 Å². The summed E-state index contributed by atoms with van der Waals surface area (Å²) in [6.07, 6.45) is -1.02. The summed E-state index contributed by atoms with van der Waals surface area (Å²) in [6.45, 7) is 1.19. The average Bonchev–Trinajstić information content (AvgIpc) is 3.33. The van der Waals surface area contributed by atoms with Crippen LogP contribution >= 0.6 is 11.3 Å². The summed E-state index contributed by atoms with van der Waals surface area (Å²) in [5, 5.41) is 25.1. The minimum Gasteiger partial charge on any atom is -0.451 e. The van der Waals surface area contributed by atoms with Crippen LogP contribution in [0.5, 0.6) is 0 Å². The molecule has 10 heteroatoms. The number of thiophene rings is 1. The highest BCUT2D eigenvalue weighted by Crippen LogP contribution is 2.19. The second-order valence-electron chi connectivity index (χ2n) is 5.43. The van der Waals surface area contributed by atoms with Crippen molar-refractivity contribution in [3.05, 3.63) is 47.3 Å². The second kappa shape index (κ2) is 8.20. The molecule has 1 N–H and O–H groups in total. The van der Waals surface area contributed by atoms with Gasteiger partial charge in [0.1, 0.15) is 0 Å². The fraction of sp³-hybridized carbons (Fsp3) is 0.176. The fourth-order valence-corrected chi connectivity index (χ4v) is 2.78.